The number of amides is 2. The van der Waals surface area contributed by atoms with Gasteiger partial charge in [0.05, 0.1) is 33.1 Å². The molecule has 3 aromatic rings. The first-order valence-electron chi connectivity index (χ1n) is 7.48. The molecule has 2 aromatic heterocycles. The zero-order chi connectivity index (χ0) is 16.0. The summed E-state index contributed by atoms with van der Waals surface area (Å²) in [6.07, 6.45) is 0.915. The number of aliphatic hydroxyl groups excluding tert-OH is 1. The molecule has 0 bridgehead atoms. The molecule has 1 fully saturated rings. The van der Waals surface area contributed by atoms with E-state index in [4.69, 9.17) is 0 Å². The van der Waals surface area contributed by atoms with Crippen LogP contribution in [0.25, 0.3) is 20.4 Å². The van der Waals surface area contributed by atoms with Crippen LogP contribution < -0.4 is 5.32 Å². The van der Waals surface area contributed by atoms with E-state index in [1.165, 1.54) is 11.3 Å². The summed E-state index contributed by atoms with van der Waals surface area (Å²) in [7, 11) is 0. The maximum Gasteiger partial charge on any atom is 0.323 e. The Morgan fingerprint density at radius 1 is 1.52 bits per heavy atom. The van der Waals surface area contributed by atoms with Crippen molar-refractivity contribution in [1.29, 1.82) is 0 Å². The number of likely N-dealkylation sites (tertiary alicyclic amines) is 1. The van der Waals surface area contributed by atoms with Crippen LogP contribution in [0.2, 0.25) is 0 Å². The van der Waals surface area contributed by atoms with Gasteiger partial charge >= 0.3 is 6.03 Å². The van der Waals surface area contributed by atoms with Gasteiger partial charge in [-0.05, 0) is 24.5 Å². The molecule has 23 heavy (non-hydrogen) atoms. The van der Waals surface area contributed by atoms with Crippen molar-refractivity contribution in [1.82, 2.24) is 14.9 Å². The molecule has 6 nitrogen and oxygen atoms in total. The van der Waals surface area contributed by atoms with E-state index in [0.29, 0.717) is 17.6 Å². The molecule has 0 aliphatic carbocycles. The molecule has 4 rings (SSSR count). The van der Waals surface area contributed by atoms with Crippen LogP contribution in [-0.2, 0) is 0 Å². The van der Waals surface area contributed by atoms with Crippen LogP contribution in [0.5, 0.6) is 0 Å². The number of nitrogens with zero attached hydrogens (tertiary/aromatic N) is 3. The van der Waals surface area contributed by atoms with Crippen molar-refractivity contribution in [3.05, 3.63) is 17.6 Å². The van der Waals surface area contributed by atoms with Crippen molar-refractivity contribution in [3.8, 4) is 0 Å². The van der Waals surface area contributed by atoms with Crippen molar-refractivity contribution < 1.29 is 9.90 Å². The number of anilines is 1. The van der Waals surface area contributed by atoms with Gasteiger partial charge in [-0.15, -0.1) is 11.3 Å². The molecule has 0 spiro atoms. The van der Waals surface area contributed by atoms with Crippen molar-refractivity contribution in [3.63, 3.8) is 0 Å². The number of hydrogen-bond acceptors (Lipinski definition) is 6. The minimum atomic E-state index is -0.193. The van der Waals surface area contributed by atoms with E-state index in [1.54, 1.807) is 16.2 Å². The Morgan fingerprint density at radius 3 is 3.22 bits per heavy atom. The van der Waals surface area contributed by atoms with Gasteiger partial charge in [0, 0.05) is 6.54 Å². The predicted octanol–water partition coefficient (Wildman–Crippen LogP) is 3.14. The highest BCUT2D eigenvalue weighted by Gasteiger charge is 2.34. The van der Waals surface area contributed by atoms with E-state index in [-0.39, 0.29) is 18.7 Å². The lowest BCUT2D eigenvalue weighted by molar-refractivity contribution is 0.152. The molecule has 3 heterocycles. The van der Waals surface area contributed by atoms with Crippen LogP contribution in [0.15, 0.2) is 17.6 Å². The van der Waals surface area contributed by atoms with Gasteiger partial charge in [0.25, 0.3) is 0 Å². The molecule has 2 amide bonds. The average Bonchev–Trinajstić information content (AvgIpc) is 3.22. The lowest BCUT2D eigenvalue weighted by Gasteiger charge is -2.24. The van der Waals surface area contributed by atoms with Gasteiger partial charge in [-0.25, -0.2) is 14.8 Å². The lowest BCUT2D eigenvalue weighted by atomic mass is 10.0. The second kappa shape index (κ2) is 5.70. The number of aromatic nitrogens is 2. The Balaban J connectivity index is 1.61. The number of nitrogens with one attached hydrogen (secondary N) is 1. The third kappa shape index (κ3) is 2.46. The first-order chi connectivity index (χ1) is 11.2. The fourth-order valence-corrected chi connectivity index (χ4v) is 4.77. The Morgan fingerprint density at radius 2 is 2.39 bits per heavy atom. The predicted molar refractivity (Wildman–Crippen MR) is 93.2 cm³/mol. The van der Waals surface area contributed by atoms with Gasteiger partial charge in [0.1, 0.15) is 5.52 Å². The summed E-state index contributed by atoms with van der Waals surface area (Å²) in [6.45, 7) is 2.72. The first-order valence-corrected chi connectivity index (χ1v) is 9.18. The largest absolute Gasteiger partial charge is 0.394 e. The number of rotatable bonds is 2. The molecule has 1 saturated heterocycles. The van der Waals surface area contributed by atoms with Crippen LogP contribution in [-0.4, -0.2) is 45.2 Å². The maximum absolute atomic E-state index is 12.5. The van der Waals surface area contributed by atoms with E-state index in [2.05, 4.69) is 22.2 Å². The van der Waals surface area contributed by atoms with Gasteiger partial charge in [-0.3, -0.25) is 5.32 Å². The molecule has 2 atom stereocenters. The highest BCUT2D eigenvalue weighted by atomic mass is 32.1. The molecular weight excluding hydrogens is 332 g/mol. The third-order valence-electron chi connectivity index (χ3n) is 4.40. The van der Waals surface area contributed by atoms with E-state index < -0.39 is 0 Å². The summed E-state index contributed by atoms with van der Waals surface area (Å²) in [5.41, 5.74) is 3.60. The van der Waals surface area contributed by atoms with Crippen LogP contribution in [0.3, 0.4) is 0 Å². The van der Waals surface area contributed by atoms with Crippen molar-refractivity contribution in [2.45, 2.75) is 19.4 Å². The van der Waals surface area contributed by atoms with Gasteiger partial charge in [-0.1, -0.05) is 18.3 Å². The van der Waals surface area contributed by atoms with E-state index in [1.807, 2.05) is 17.6 Å². The number of urea groups is 1. The number of carbonyl (C=O) groups is 1. The summed E-state index contributed by atoms with van der Waals surface area (Å²) >= 11 is 3.03. The van der Waals surface area contributed by atoms with Crippen molar-refractivity contribution >= 4 is 54.3 Å². The number of benzene rings is 1. The maximum atomic E-state index is 12.5. The van der Waals surface area contributed by atoms with E-state index in [0.717, 1.165) is 26.9 Å². The summed E-state index contributed by atoms with van der Waals surface area (Å²) in [5.74, 6) is 0.316. The van der Waals surface area contributed by atoms with Crippen LogP contribution in [0, 0.1) is 5.92 Å². The molecule has 1 aromatic carbocycles. The summed E-state index contributed by atoms with van der Waals surface area (Å²) in [5, 5.41) is 12.9. The minimum absolute atomic E-state index is 0.00607. The molecule has 2 unspecified atom stereocenters. The zero-order valence-electron chi connectivity index (χ0n) is 12.5. The van der Waals surface area contributed by atoms with Gasteiger partial charge < -0.3 is 10.0 Å². The molecule has 2 N–H and O–H groups in total. The van der Waals surface area contributed by atoms with Gasteiger partial charge in [0.2, 0.25) is 0 Å². The Kier molecular flexibility index (Phi) is 3.67. The Bertz CT molecular complexity index is 875. The SMILES string of the molecule is CC1CCN(C(=O)Nc2nc3ccc4scnc4c3s2)C1CO. The van der Waals surface area contributed by atoms with E-state index >= 15 is 0 Å². The first kappa shape index (κ1) is 14.8. The topological polar surface area (TPSA) is 78.4 Å². The second-order valence-corrected chi connectivity index (χ2v) is 7.66. The smallest absolute Gasteiger partial charge is 0.323 e. The molecule has 1 aliphatic rings. The fraction of sp³-hybridized carbons (Fsp3) is 0.400. The number of hydrogen-bond donors (Lipinski definition) is 2. The van der Waals surface area contributed by atoms with Gasteiger partial charge in [-0.2, -0.15) is 0 Å². The van der Waals surface area contributed by atoms with Crippen LogP contribution >= 0.6 is 22.7 Å². The molecule has 8 heteroatoms. The van der Waals surface area contributed by atoms with Crippen molar-refractivity contribution in [2.24, 2.45) is 5.92 Å². The molecule has 1 aliphatic heterocycles. The minimum Gasteiger partial charge on any atom is -0.394 e. The highest BCUT2D eigenvalue weighted by molar-refractivity contribution is 7.24. The second-order valence-electron chi connectivity index (χ2n) is 5.77. The summed E-state index contributed by atoms with van der Waals surface area (Å²) < 4.78 is 2.11. The number of aliphatic hydroxyl groups is 1. The third-order valence-corrected chi connectivity index (χ3v) is 6.19. The number of fused-ring (bicyclic) bond motifs is 3. The monoisotopic (exact) mass is 348 g/mol. The van der Waals surface area contributed by atoms with E-state index in [9.17, 15) is 9.90 Å². The summed E-state index contributed by atoms with van der Waals surface area (Å²) in [6, 6.07) is 3.65. The Labute approximate surface area is 140 Å². The number of carbonyl (C=O) groups excluding carboxylic acids is 1. The fourth-order valence-electron chi connectivity index (χ4n) is 3.07. The standard InChI is InChI=1S/C15H16N4O2S2/c1-8-4-5-19(10(8)6-20)15(21)18-14-17-9-2-3-11-12(13(9)23-14)16-7-22-11/h2-3,7-8,10,20H,4-6H2,1H3,(H,17,18,21). The summed E-state index contributed by atoms with van der Waals surface area (Å²) in [4.78, 5) is 23.1. The lowest BCUT2D eigenvalue weighted by Crippen LogP contribution is -2.42. The molecule has 0 radical (unpaired) electrons. The van der Waals surface area contributed by atoms with Crippen LogP contribution in [0.1, 0.15) is 13.3 Å². The normalized spacial score (nSPS) is 21.4. The van der Waals surface area contributed by atoms with Gasteiger partial charge in [0.15, 0.2) is 5.13 Å². The highest BCUT2D eigenvalue weighted by Crippen LogP contribution is 2.34. The molecule has 120 valence electrons. The Hall–Kier alpha value is -1.77. The number of thiazole rings is 2. The zero-order valence-corrected chi connectivity index (χ0v) is 14.2. The van der Waals surface area contributed by atoms with Crippen LogP contribution in [0.4, 0.5) is 9.93 Å². The quantitative estimate of drug-likeness (QED) is 0.746. The molecule has 0 saturated carbocycles. The average molecular weight is 348 g/mol. The molecular formula is C15H16N4O2S2. The van der Waals surface area contributed by atoms with Crippen molar-refractivity contribution in [2.75, 3.05) is 18.5 Å².